The van der Waals surface area contributed by atoms with E-state index in [1.54, 1.807) is 12.1 Å². The van der Waals surface area contributed by atoms with Crippen LogP contribution in [0.3, 0.4) is 0 Å². The van der Waals surface area contributed by atoms with Gasteiger partial charge in [-0.25, -0.2) is 0 Å². The van der Waals surface area contributed by atoms with Crippen molar-refractivity contribution in [2.75, 3.05) is 39.3 Å². The molecule has 140 valence electrons. The topological polar surface area (TPSA) is 85.4 Å². The molecule has 1 aliphatic heterocycles. The number of hydrogen-bond donors (Lipinski definition) is 5. The number of phenolic OH excluding ortho intramolecular Hbond substituents is 1. The fourth-order valence-electron chi connectivity index (χ4n) is 2.95. The number of benzene rings is 1. The summed E-state index contributed by atoms with van der Waals surface area (Å²) in [5.41, 5.74) is 1.03. The first-order chi connectivity index (χ1) is 12.3. The highest BCUT2D eigenvalue weighted by molar-refractivity contribution is 5.76. The van der Waals surface area contributed by atoms with Crippen molar-refractivity contribution in [3.63, 3.8) is 0 Å². The molecule has 6 nitrogen and oxygen atoms in total. The quantitative estimate of drug-likeness (QED) is 0.528. The average molecular weight is 348 g/mol. The van der Waals surface area contributed by atoms with Gasteiger partial charge < -0.3 is 26.4 Å². The summed E-state index contributed by atoms with van der Waals surface area (Å²) >= 11 is 0. The number of nitrogens with one attached hydrogen (secondary N) is 4. The highest BCUT2D eigenvalue weighted by Crippen LogP contribution is 2.19. The van der Waals surface area contributed by atoms with Crippen molar-refractivity contribution in [2.45, 2.75) is 38.1 Å². The Hall–Kier alpha value is -1.63. The van der Waals surface area contributed by atoms with Crippen molar-refractivity contribution in [1.82, 2.24) is 21.3 Å². The predicted octanol–water partition coefficient (Wildman–Crippen LogP) is 1.28. The molecule has 1 heterocycles. The lowest BCUT2D eigenvalue weighted by atomic mass is 10.0. The molecule has 1 saturated heterocycles. The van der Waals surface area contributed by atoms with E-state index in [0.29, 0.717) is 13.0 Å². The van der Waals surface area contributed by atoms with Crippen LogP contribution in [0.1, 0.15) is 43.7 Å². The van der Waals surface area contributed by atoms with Crippen molar-refractivity contribution in [3.05, 3.63) is 29.8 Å². The van der Waals surface area contributed by atoms with Gasteiger partial charge in [-0.05, 0) is 76.1 Å². The molecule has 0 spiro atoms. The minimum Gasteiger partial charge on any atom is -0.508 e. The second-order valence-corrected chi connectivity index (χ2v) is 6.57. The van der Waals surface area contributed by atoms with Gasteiger partial charge in [-0.1, -0.05) is 12.1 Å². The molecular formula is C19H32N4O2. The summed E-state index contributed by atoms with van der Waals surface area (Å²) in [6.45, 7) is 5.58. The maximum absolute atomic E-state index is 12.2. The molecule has 5 N–H and O–H groups in total. The van der Waals surface area contributed by atoms with Crippen molar-refractivity contribution in [1.29, 1.82) is 0 Å². The molecule has 2 rings (SSSR count). The van der Waals surface area contributed by atoms with Crippen LogP contribution in [0.2, 0.25) is 0 Å². The number of amides is 1. The zero-order valence-corrected chi connectivity index (χ0v) is 15.0. The van der Waals surface area contributed by atoms with Gasteiger partial charge in [0.05, 0.1) is 0 Å². The molecule has 6 heteroatoms. The Morgan fingerprint density at radius 3 is 2.08 bits per heavy atom. The molecule has 1 atom stereocenters. The van der Waals surface area contributed by atoms with E-state index in [1.165, 1.54) is 12.8 Å². The van der Waals surface area contributed by atoms with E-state index in [9.17, 15) is 9.90 Å². The van der Waals surface area contributed by atoms with Gasteiger partial charge in [-0.15, -0.1) is 0 Å². The smallest absolute Gasteiger partial charge is 0.221 e. The van der Waals surface area contributed by atoms with E-state index >= 15 is 0 Å². The first kappa shape index (κ1) is 19.7. The highest BCUT2D eigenvalue weighted by atomic mass is 16.3. The van der Waals surface area contributed by atoms with Gasteiger partial charge in [0.25, 0.3) is 0 Å². The number of aromatic hydroxyl groups is 1. The average Bonchev–Trinajstić information content (AvgIpc) is 2.61. The lowest BCUT2D eigenvalue weighted by Crippen LogP contribution is -2.33. The summed E-state index contributed by atoms with van der Waals surface area (Å²) in [5, 5.41) is 22.9. The van der Waals surface area contributed by atoms with Gasteiger partial charge in [0.15, 0.2) is 0 Å². The number of rotatable bonds is 1. The van der Waals surface area contributed by atoms with E-state index in [0.717, 1.165) is 51.1 Å². The van der Waals surface area contributed by atoms with E-state index in [2.05, 4.69) is 21.3 Å². The molecule has 0 aromatic heterocycles. The lowest BCUT2D eigenvalue weighted by Gasteiger charge is -2.19. The zero-order chi connectivity index (χ0) is 17.7. The van der Waals surface area contributed by atoms with Crippen LogP contribution >= 0.6 is 0 Å². The first-order valence-electron chi connectivity index (χ1n) is 9.46. The fraction of sp³-hybridized carbons (Fsp3) is 0.632. The summed E-state index contributed by atoms with van der Waals surface area (Å²) in [6, 6.07) is 7.07. The summed E-state index contributed by atoms with van der Waals surface area (Å²) in [4.78, 5) is 12.2. The molecular weight excluding hydrogens is 316 g/mol. The third-order valence-electron chi connectivity index (χ3n) is 4.42. The van der Waals surface area contributed by atoms with Crippen LogP contribution < -0.4 is 21.3 Å². The lowest BCUT2D eigenvalue weighted by molar-refractivity contribution is -0.121. The Balaban J connectivity index is 1.91. The van der Waals surface area contributed by atoms with Gasteiger partial charge in [-0.2, -0.15) is 0 Å². The Morgan fingerprint density at radius 2 is 1.40 bits per heavy atom. The standard InChI is InChI=1S/C19H32N4O2/c24-17-7-5-16(6-8-17)18-15-19(25)23-14-4-12-21-10-2-1-9-20-11-3-13-22-18/h5-8,18,20-22,24H,1-4,9-15H2,(H,23,25)/t18-/m0/s1. The molecule has 0 saturated carbocycles. The Labute approximate surface area is 150 Å². The number of hydrogen-bond acceptors (Lipinski definition) is 5. The van der Waals surface area contributed by atoms with Gasteiger partial charge >= 0.3 is 0 Å². The molecule has 1 aliphatic rings. The molecule has 1 fully saturated rings. The molecule has 0 radical (unpaired) electrons. The summed E-state index contributed by atoms with van der Waals surface area (Å²) < 4.78 is 0. The van der Waals surface area contributed by atoms with Crippen LogP contribution in [0.15, 0.2) is 24.3 Å². The van der Waals surface area contributed by atoms with Crippen LogP contribution in [0, 0.1) is 0 Å². The third kappa shape index (κ3) is 8.34. The second kappa shape index (κ2) is 11.8. The van der Waals surface area contributed by atoms with E-state index in [4.69, 9.17) is 0 Å². The third-order valence-corrected chi connectivity index (χ3v) is 4.42. The largest absolute Gasteiger partial charge is 0.508 e. The van der Waals surface area contributed by atoms with Crippen LogP contribution in [0.4, 0.5) is 0 Å². The monoisotopic (exact) mass is 348 g/mol. The second-order valence-electron chi connectivity index (χ2n) is 6.57. The maximum atomic E-state index is 12.2. The normalized spacial score (nSPS) is 22.7. The summed E-state index contributed by atoms with van der Waals surface area (Å²) in [5.74, 6) is 0.308. The molecule has 1 aromatic carbocycles. The van der Waals surface area contributed by atoms with E-state index < -0.39 is 0 Å². The molecule has 0 aliphatic carbocycles. The molecule has 1 amide bonds. The maximum Gasteiger partial charge on any atom is 0.221 e. The number of carbonyl (C=O) groups excluding carboxylic acids is 1. The fourth-order valence-corrected chi connectivity index (χ4v) is 2.95. The van der Waals surface area contributed by atoms with Crippen LogP contribution in [0.25, 0.3) is 0 Å². The highest BCUT2D eigenvalue weighted by Gasteiger charge is 2.15. The van der Waals surface area contributed by atoms with Crippen LogP contribution in [-0.4, -0.2) is 50.3 Å². The Morgan fingerprint density at radius 1 is 0.800 bits per heavy atom. The van der Waals surface area contributed by atoms with E-state index in [-0.39, 0.29) is 17.7 Å². The number of carbonyl (C=O) groups is 1. The zero-order valence-electron chi connectivity index (χ0n) is 15.0. The van der Waals surface area contributed by atoms with Crippen molar-refractivity contribution >= 4 is 5.91 Å². The summed E-state index contributed by atoms with van der Waals surface area (Å²) in [7, 11) is 0. The van der Waals surface area contributed by atoms with Crippen molar-refractivity contribution in [3.8, 4) is 5.75 Å². The van der Waals surface area contributed by atoms with Crippen LogP contribution in [-0.2, 0) is 4.79 Å². The van der Waals surface area contributed by atoms with E-state index in [1.807, 2.05) is 12.1 Å². The number of phenols is 1. The molecule has 0 unspecified atom stereocenters. The van der Waals surface area contributed by atoms with Crippen LogP contribution in [0.5, 0.6) is 5.75 Å². The van der Waals surface area contributed by atoms with Gasteiger partial charge in [0, 0.05) is 19.0 Å². The predicted molar refractivity (Wildman–Crippen MR) is 101 cm³/mol. The summed E-state index contributed by atoms with van der Waals surface area (Å²) in [6.07, 6.45) is 4.75. The first-order valence-corrected chi connectivity index (χ1v) is 9.46. The Kier molecular flexibility index (Phi) is 9.33. The van der Waals surface area contributed by atoms with Crippen molar-refractivity contribution in [2.24, 2.45) is 0 Å². The minimum absolute atomic E-state index is 0.0330. The molecule has 0 bridgehead atoms. The van der Waals surface area contributed by atoms with Gasteiger partial charge in [0.1, 0.15) is 5.75 Å². The van der Waals surface area contributed by atoms with Gasteiger partial charge in [-0.3, -0.25) is 4.79 Å². The molecule has 25 heavy (non-hydrogen) atoms. The minimum atomic E-state index is -0.0330. The van der Waals surface area contributed by atoms with Gasteiger partial charge in [0.2, 0.25) is 5.91 Å². The van der Waals surface area contributed by atoms with Crippen molar-refractivity contribution < 1.29 is 9.90 Å². The SMILES string of the molecule is O=C1C[C@@H](c2ccc(O)cc2)NCCCNCCCCNCCCN1. The Bertz CT molecular complexity index is 493. The molecule has 1 aromatic rings.